The molecule has 4 rings (SSSR count). The number of aryl methyl sites for hydroxylation is 1. The van der Waals surface area contributed by atoms with Crippen LogP contribution in [0.2, 0.25) is 0 Å². The number of ketones is 2. The number of phenolic OH excluding ortho intramolecular Hbond substituents is 1. The van der Waals surface area contributed by atoms with Crippen molar-refractivity contribution in [2.24, 2.45) is 0 Å². The van der Waals surface area contributed by atoms with Gasteiger partial charge in [-0.2, -0.15) is 0 Å². The van der Waals surface area contributed by atoms with Gasteiger partial charge in [0.25, 0.3) is 5.91 Å². The molecule has 2 heterocycles. The van der Waals surface area contributed by atoms with E-state index in [9.17, 15) is 24.6 Å². The molecule has 1 aliphatic heterocycles. The predicted octanol–water partition coefficient (Wildman–Crippen LogP) is 5.31. The summed E-state index contributed by atoms with van der Waals surface area (Å²) in [5, 5.41) is 21.3. The van der Waals surface area contributed by atoms with E-state index in [2.05, 4.69) is 20.9 Å². The highest BCUT2D eigenvalue weighted by molar-refractivity contribution is 9.10. The molecule has 2 aromatic carbocycles. The van der Waals surface area contributed by atoms with Crippen molar-refractivity contribution in [3.05, 3.63) is 86.0 Å². The quantitative estimate of drug-likeness (QED) is 0.293. The molecule has 1 aliphatic rings. The lowest BCUT2D eigenvalue weighted by molar-refractivity contribution is -0.117. The van der Waals surface area contributed by atoms with Gasteiger partial charge in [0.2, 0.25) is 0 Å². The monoisotopic (exact) mass is 568 g/mol. The number of phenols is 1. The van der Waals surface area contributed by atoms with Crippen LogP contribution in [0.3, 0.4) is 0 Å². The molecule has 0 spiro atoms. The number of carbonyl (C=O) groups is 3. The van der Waals surface area contributed by atoms with Gasteiger partial charge in [0, 0.05) is 6.92 Å². The van der Waals surface area contributed by atoms with Gasteiger partial charge in [-0.15, -0.1) is 0 Å². The van der Waals surface area contributed by atoms with Gasteiger partial charge < -0.3 is 14.9 Å². The average molecular weight is 569 g/mol. The molecule has 0 radical (unpaired) electrons. The van der Waals surface area contributed by atoms with Crippen LogP contribution in [-0.2, 0) is 9.59 Å². The number of halogens is 1. The molecule has 8 nitrogen and oxygen atoms in total. The summed E-state index contributed by atoms with van der Waals surface area (Å²) in [6.07, 6.45) is 2.87. The maximum absolute atomic E-state index is 13.4. The van der Waals surface area contributed by atoms with Crippen molar-refractivity contribution >= 4 is 55.9 Å². The number of aliphatic hydroxyl groups excluding tert-OH is 1. The van der Waals surface area contributed by atoms with Crippen LogP contribution >= 0.6 is 27.3 Å². The van der Waals surface area contributed by atoms with Crippen LogP contribution in [0.25, 0.3) is 6.08 Å². The molecular weight excluding hydrogens is 548 g/mol. The van der Waals surface area contributed by atoms with Crippen LogP contribution in [-0.4, -0.2) is 39.8 Å². The van der Waals surface area contributed by atoms with Crippen LogP contribution in [0.15, 0.2) is 64.3 Å². The van der Waals surface area contributed by atoms with E-state index in [1.54, 1.807) is 13.0 Å². The van der Waals surface area contributed by atoms with E-state index in [0.717, 1.165) is 16.9 Å². The first-order chi connectivity index (χ1) is 17.1. The molecule has 3 aromatic rings. The molecule has 184 valence electrons. The number of anilines is 1. The smallest absolute Gasteiger partial charge is 0.296 e. The fourth-order valence-corrected chi connectivity index (χ4v) is 5.36. The summed E-state index contributed by atoms with van der Waals surface area (Å²) < 4.78 is 5.52. The van der Waals surface area contributed by atoms with Crippen molar-refractivity contribution in [3.8, 4) is 11.5 Å². The van der Waals surface area contributed by atoms with Crippen molar-refractivity contribution in [1.29, 1.82) is 0 Å². The number of Topliss-reactive ketones (excluding diaryl/α,β-unsaturated/α-hetero) is 1. The van der Waals surface area contributed by atoms with Gasteiger partial charge in [0.05, 0.1) is 33.8 Å². The Labute approximate surface area is 219 Å². The maximum Gasteiger partial charge on any atom is 0.296 e. The number of benzene rings is 2. The summed E-state index contributed by atoms with van der Waals surface area (Å²) in [5.74, 6) is -2.41. The summed E-state index contributed by atoms with van der Waals surface area (Å²) >= 11 is 4.27. The van der Waals surface area contributed by atoms with Gasteiger partial charge in [0.15, 0.2) is 34.0 Å². The zero-order chi connectivity index (χ0) is 26.1. The highest BCUT2D eigenvalue weighted by Crippen LogP contribution is 2.46. The SMILES string of the molecule is COc1cc(C2C(C(=O)C=Cc3ccccc3)=C(O)C(=O)N2c2nc(C)c(C(C)=O)s2)cc(Br)c1O. The van der Waals surface area contributed by atoms with Crippen molar-refractivity contribution < 1.29 is 29.3 Å². The number of methoxy groups -OCH3 is 1. The number of rotatable bonds is 7. The van der Waals surface area contributed by atoms with Gasteiger partial charge in [-0.1, -0.05) is 47.7 Å². The molecule has 0 fully saturated rings. The Morgan fingerprint density at radius 2 is 1.89 bits per heavy atom. The fraction of sp³-hybridized carbons (Fsp3) is 0.154. The van der Waals surface area contributed by atoms with Gasteiger partial charge >= 0.3 is 0 Å². The lowest BCUT2D eigenvalue weighted by Crippen LogP contribution is -2.31. The van der Waals surface area contributed by atoms with Crippen molar-refractivity contribution in [1.82, 2.24) is 4.98 Å². The number of carbonyl (C=O) groups excluding carboxylic acids is 3. The van der Waals surface area contributed by atoms with Crippen molar-refractivity contribution in [3.63, 3.8) is 0 Å². The van der Waals surface area contributed by atoms with Gasteiger partial charge in [-0.3, -0.25) is 19.3 Å². The number of aromatic hydroxyl groups is 1. The Morgan fingerprint density at radius 3 is 2.50 bits per heavy atom. The van der Waals surface area contributed by atoms with Gasteiger partial charge in [0.1, 0.15) is 0 Å². The highest BCUT2D eigenvalue weighted by Gasteiger charge is 2.45. The second kappa shape index (κ2) is 10.1. The molecule has 0 aliphatic carbocycles. The molecule has 1 unspecified atom stereocenters. The largest absolute Gasteiger partial charge is 0.503 e. The summed E-state index contributed by atoms with van der Waals surface area (Å²) in [5.41, 5.74) is 1.41. The van der Waals surface area contributed by atoms with Gasteiger partial charge in [-0.25, -0.2) is 4.98 Å². The van der Waals surface area contributed by atoms with Crippen LogP contribution in [0.5, 0.6) is 11.5 Å². The maximum atomic E-state index is 13.4. The molecule has 10 heteroatoms. The van der Waals surface area contributed by atoms with E-state index >= 15 is 0 Å². The normalized spacial score (nSPS) is 15.7. The Balaban J connectivity index is 1.88. The zero-order valence-corrected chi connectivity index (χ0v) is 21.9. The molecule has 0 saturated heterocycles. The van der Waals surface area contributed by atoms with E-state index in [4.69, 9.17) is 4.74 Å². The number of thiazole rings is 1. The second-order valence-corrected chi connectivity index (χ2v) is 9.80. The predicted molar refractivity (Wildman–Crippen MR) is 140 cm³/mol. The summed E-state index contributed by atoms with van der Waals surface area (Å²) in [4.78, 5) is 44.7. The third-order valence-electron chi connectivity index (χ3n) is 5.60. The molecule has 36 heavy (non-hydrogen) atoms. The molecular formula is C26H21BrN2O6S. The van der Waals surface area contributed by atoms with Crippen LogP contribution < -0.4 is 9.64 Å². The summed E-state index contributed by atoms with van der Waals surface area (Å²) in [6, 6.07) is 11.0. The Kier molecular flexibility index (Phi) is 7.09. The summed E-state index contributed by atoms with van der Waals surface area (Å²) in [7, 11) is 1.37. The third-order valence-corrected chi connectivity index (χ3v) is 7.46. The average Bonchev–Trinajstić information content (AvgIpc) is 3.37. The first-order valence-electron chi connectivity index (χ1n) is 10.7. The van der Waals surface area contributed by atoms with E-state index in [1.165, 1.54) is 37.1 Å². The highest BCUT2D eigenvalue weighted by atomic mass is 79.9. The zero-order valence-electron chi connectivity index (χ0n) is 19.5. The van der Waals surface area contributed by atoms with Crippen LogP contribution in [0.1, 0.15) is 39.5 Å². The molecule has 1 atom stereocenters. The van der Waals surface area contributed by atoms with E-state index in [-0.39, 0.29) is 32.5 Å². The Morgan fingerprint density at radius 1 is 1.19 bits per heavy atom. The van der Waals surface area contributed by atoms with Crippen LogP contribution in [0.4, 0.5) is 5.13 Å². The first-order valence-corrected chi connectivity index (χ1v) is 12.3. The minimum absolute atomic E-state index is 0.101. The topological polar surface area (TPSA) is 117 Å². The van der Waals surface area contributed by atoms with Gasteiger partial charge in [-0.05, 0) is 52.2 Å². The standard InChI is InChI=1S/C26H21BrN2O6S/c1-13-24(14(2)30)36-26(28-13)29-21(16-11-17(27)22(32)19(12-16)35-3)20(23(33)25(29)34)18(31)10-9-15-7-5-4-6-8-15/h4-12,21,32-33H,1-3H3. The number of aromatic nitrogens is 1. The van der Waals surface area contributed by atoms with E-state index < -0.39 is 23.5 Å². The first kappa shape index (κ1) is 25.3. The number of ether oxygens (including phenoxy) is 1. The molecule has 2 N–H and O–H groups in total. The Hall–Kier alpha value is -3.76. The minimum Gasteiger partial charge on any atom is -0.503 e. The van der Waals surface area contributed by atoms with Crippen molar-refractivity contribution in [2.45, 2.75) is 19.9 Å². The van der Waals surface area contributed by atoms with Crippen molar-refractivity contribution in [2.75, 3.05) is 12.0 Å². The van der Waals surface area contributed by atoms with E-state index in [0.29, 0.717) is 16.1 Å². The molecule has 0 saturated carbocycles. The lowest BCUT2D eigenvalue weighted by atomic mass is 9.95. The molecule has 1 aromatic heterocycles. The fourth-order valence-electron chi connectivity index (χ4n) is 3.91. The number of hydrogen-bond donors (Lipinski definition) is 2. The molecule has 0 bridgehead atoms. The number of aliphatic hydroxyl groups is 1. The number of allylic oxidation sites excluding steroid dienone is 1. The summed E-state index contributed by atoms with van der Waals surface area (Å²) in [6.45, 7) is 3.04. The lowest BCUT2D eigenvalue weighted by Gasteiger charge is -2.25. The number of hydrogen-bond acceptors (Lipinski definition) is 8. The molecule has 1 amide bonds. The number of amides is 1. The van der Waals surface area contributed by atoms with Crippen LogP contribution in [0, 0.1) is 6.92 Å². The van der Waals surface area contributed by atoms with E-state index in [1.807, 2.05) is 30.3 Å². The second-order valence-electron chi connectivity index (χ2n) is 7.97. The Bertz CT molecular complexity index is 1440. The number of nitrogens with zero attached hydrogens (tertiary/aromatic N) is 2. The minimum atomic E-state index is -1.10. The third kappa shape index (κ3) is 4.57.